The third-order valence-corrected chi connectivity index (χ3v) is 5.59. The first-order valence-corrected chi connectivity index (χ1v) is 9.69. The predicted octanol–water partition coefficient (Wildman–Crippen LogP) is 4.91. The first-order chi connectivity index (χ1) is 13.2. The third-order valence-electron chi connectivity index (χ3n) is 5.09. The molecular formula is C23H19BrN2O. The lowest BCUT2D eigenvalue weighted by Crippen LogP contribution is -2.25. The molecule has 1 aliphatic rings. The summed E-state index contributed by atoms with van der Waals surface area (Å²) in [5.41, 5.74) is 5.73. The summed E-state index contributed by atoms with van der Waals surface area (Å²) in [6.45, 7) is 0. The van der Waals surface area contributed by atoms with Crippen molar-refractivity contribution in [1.82, 2.24) is 5.43 Å². The van der Waals surface area contributed by atoms with Gasteiger partial charge in [-0.05, 0) is 35.2 Å². The normalized spacial score (nSPS) is 17.6. The van der Waals surface area contributed by atoms with Gasteiger partial charge in [0.05, 0.1) is 12.1 Å². The number of amides is 1. The van der Waals surface area contributed by atoms with Crippen molar-refractivity contribution in [2.45, 2.75) is 11.8 Å². The van der Waals surface area contributed by atoms with E-state index in [1.807, 2.05) is 60.7 Å². The van der Waals surface area contributed by atoms with Crippen LogP contribution in [0.1, 0.15) is 23.1 Å². The molecule has 134 valence electrons. The minimum atomic E-state index is -0.266. The van der Waals surface area contributed by atoms with Crippen LogP contribution in [0.4, 0.5) is 0 Å². The monoisotopic (exact) mass is 418 g/mol. The molecule has 0 spiro atoms. The Morgan fingerprint density at radius 2 is 1.59 bits per heavy atom. The summed E-state index contributed by atoms with van der Waals surface area (Å²) in [4.78, 5) is 12.8. The molecule has 4 rings (SSSR count). The Morgan fingerprint density at radius 1 is 0.963 bits per heavy atom. The molecule has 3 nitrogen and oxygen atoms in total. The van der Waals surface area contributed by atoms with Gasteiger partial charge in [0.25, 0.3) is 0 Å². The molecule has 3 aromatic rings. The minimum absolute atomic E-state index is 0.0473. The van der Waals surface area contributed by atoms with Crippen LogP contribution in [0.3, 0.4) is 0 Å². The molecule has 0 bridgehead atoms. The van der Waals surface area contributed by atoms with E-state index in [0.29, 0.717) is 0 Å². The van der Waals surface area contributed by atoms with Crippen molar-refractivity contribution in [1.29, 1.82) is 0 Å². The highest BCUT2D eigenvalue weighted by molar-refractivity contribution is 9.10. The Hall–Kier alpha value is -2.72. The predicted molar refractivity (Wildman–Crippen MR) is 112 cm³/mol. The average molecular weight is 419 g/mol. The second-order valence-electron chi connectivity index (χ2n) is 6.75. The molecule has 1 fully saturated rings. The summed E-state index contributed by atoms with van der Waals surface area (Å²) >= 11 is 3.43. The van der Waals surface area contributed by atoms with Crippen molar-refractivity contribution in [2.75, 3.05) is 0 Å². The number of hydrogen-bond acceptors (Lipinski definition) is 2. The summed E-state index contributed by atoms with van der Waals surface area (Å²) in [6.07, 6.45) is 2.46. The van der Waals surface area contributed by atoms with Crippen LogP contribution in [0, 0.1) is 5.92 Å². The van der Waals surface area contributed by atoms with Crippen LogP contribution in [-0.2, 0) is 10.2 Å². The van der Waals surface area contributed by atoms with Gasteiger partial charge >= 0.3 is 0 Å². The van der Waals surface area contributed by atoms with Gasteiger partial charge in [-0.25, -0.2) is 5.43 Å². The molecule has 27 heavy (non-hydrogen) atoms. The van der Waals surface area contributed by atoms with Gasteiger partial charge in [-0.2, -0.15) is 5.10 Å². The van der Waals surface area contributed by atoms with Crippen molar-refractivity contribution in [3.63, 3.8) is 0 Å². The van der Waals surface area contributed by atoms with E-state index >= 15 is 0 Å². The highest BCUT2D eigenvalue weighted by Crippen LogP contribution is 2.58. The molecule has 1 N–H and O–H groups in total. The summed E-state index contributed by atoms with van der Waals surface area (Å²) in [5, 5.41) is 4.15. The molecule has 0 aliphatic heterocycles. The zero-order valence-electron chi connectivity index (χ0n) is 14.7. The number of nitrogens with one attached hydrogen (secondary N) is 1. The summed E-state index contributed by atoms with van der Waals surface area (Å²) in [5.74, 6) is -0.170. The molecule has 1 amide bonds. The fraction of sp³-hybridized carbons (Fsp3) is 0.130. The molecule has 0 heterocycles. The van der Waals surface area contributed by atoms with E-state index in [1.54, 1.807) is 6.21 Å². The fourth-order valence-electron chi connectivity index (χ4n) is 3.69. The van der Waals surface area contributed by atoms with Crippen molar-refractivity contribution in [3.8, 4) is 0 Å². The van der Waals surface area contributed by atoms with Gasteiger partial charge in [0.1, 0.15) is 0 Å². The van der Waals surface area contributed by atoms with Crippen LogP contribution in [0.25, 0.3) is 0 Å². The van der Waals surface area contributed by atoms with Gasteiger partial charge in [-0.15, -0.1) is 0 Å². The number of halogens is 1. The van der Waals surface area contributed by atoms with Gasteiger partial charge in [0.2, 0.25) is 5.91 Å². The van der Waals surface area contributed by atoms with Crippen LogP contribution in [-0.4, -0.2) is 12.1 Å². The highest BCUT2D eigenvalue weighted by Gasteiger charge is 2.60. The molecule has 0 saturated heterocycles. The lowest BCUT2D eigenvalue weighted by molar-refractivity contribution is -0.122. The van der Waals surface area contributed by atoms with E-state index < -0.39 is 0 Å². The third kappa shape index (κ3) is 3.58. The Balaban J connectivity index is 1.54. The van der Waals surface area contributed by atoms with E-state index in [0.717, 1.165) is 16.5 Å². The van der Waals surface area contributed by atoms with Crippen molar-refractivity contribution in [2.24, 2.45) is 11.0 Å². The van der Waals surface area contributed by atoms with E-state index in [2.05, 4.69) is 50.7 Å². The van der Waals surface area contributed by atoms with Crippen LogP contribution in [0.2, 0.25) is 0 Å². The lowest BCUT2D eigenvalue weighted by atomic mass is 9.85. The quantitative estimate of drug-likeness (QED) is 0.464. The van der Waals surface area contributed by atoms with Gasteiger partial charge in [0.15, 0.2) is 0 Å². The molecule has 1 saturated carbocycles. The van der Waals surface area contributed by atoms with Crippen LogP contribution in [0.15, 0.2) is 94.5 Å². The second-order valence-corrected chi connectivity index (χ2v) is 7.67. The fourth-order valence-corrected chi connectivity index (χ4v) is 4.11. The Labute approximate surface area is 167 Å². The van der Waals surface area contributed by atoms with E-state index in [4.69, 9.17) is 0 Å². The first kappa shape index (κ1) is 17.7. The van der Waals surface area contributed by atoms with E-state index in [1.165, 1.54) is 11.1 Å². The molecule has 3 aromatic carbocycles. The Kier molecular flexibility index (Phi) is 4.90. The number of nitrogens with zero attached hydrogens (tertiary/aromatic N) is 1. The molecule has 4 heteroatoms. The maximum Gasteiger partial charge on any atom is 0.244 e. The number of hydrogen-bond donors (Lipinski definition) is 1. The summed E-state index contributed by atoms with van der Waals surface area (Å²) in [6, 6.07) is 28.3. The van der Waals surface area contributed by atoms with Crippen molar-refractivity contribution >= 4 is 28.1 Å². The van der Waals surface area contributed by atoms with Gasteiger partial charge in [-0.3, -0.25) is 4.79 Å². The largest absolute Gasteiger partial charge is 0.273 e. The summed E-state index contributed by atoms with van der Waals surface area (Å²) in [7, 11) is 0. The topological polar surface area (TPSA) is 41.5 Å². The molecule has 1 aliphatic carbocycles. The smallest absolute Gasteiger partial charge is 0.244 e. The second kappa shape index (κ2) is 7.49. The van der Waals surface area contributed by atoms with E-state index in [9.17, 15) is 4.79 Å². The number of hydrazone groups is 1. The highest BCUT2D eigenvalue weighted by atomic mass is 79.9. The maximum atomic E-state index is 12.8. The molecule has 1 unspecified atom stereocenters. The lowest BCUT2D eigenvalue weighted by Gasteiger charge is -2.18. The average Bonchev–Trinajstić information content (AvgIpc) is 3.47. The molecule has 1 atom stereocenters. The molecule has 0 radical (unpaired) electrons. The number of carbonyl (C=O) groups is 1. The molecule has 0 aromatic heterocycles. The van der Waals surface area contributed by atoms with Crippen molar-refractivity contribution in [3.05, 3.63) is 106 Å². The Morgan fingerprint density at radius 3 is 2.19 bits per heavy atom. The number of carbonyl (C=O) groups excluding carboxylic acids is 1. The first-order valence-electron chi connectivity index (χ1n) is 8.90. The maximum absolute atomic E-state index is 12.8. The summed E-state index contributed by atoms with van der Waals surface area (Å²) < 4.78 is 0.979. The van der Waals surface area contributed by atoms with Gasteiger partial charge in [0, 0.05) is 9.89 Å². The van der Waals surface area contributed by atoms with Crippen LogP contribution >= 0.6 is 15.9 Å². The minimum Gasteiger partial charge on any atom is -0.273 e. The SMILES string of the molecule is O=C(NN=Cc1cccc(Br)c1)C1CC1(c1ccccc1)c1ccccc1. The van der Waals surface area contributed by atoms with E-state index in [-0.39, 0.29) is 17.2 Å². The Bertz CT molecular complexity index is 930. The molecular weight excluding hydrogens is 400 g/mol. The van der Waals surface area contributed by atoms with Crippen molar-refractivity contribution < 1.29 is 4.79 Å². The van der Waals surface area contributed by atoms with Crippen LogP contribution in [0.5, 0.6) is 0 Å². The van der Waals surface area contributed by atoms with Gasteiger partial charge < -0.3 is 0 Å². The standard InChI is InChI=1S/C23H19BrN2O/c24-20-13-7-8-17(14-20)16-25-26-22(27)21-15-23(21,18-9-3-1-4-10-18)19-11-5-2-6-12-19/h1-14,16,21H,15H2,(H,26,27). The van der Waals surface area contributed by atoms with Gasteiger partial charge in [-0.1, -0.05) is 88.7 Å². The zero-order valence-corrected chi connectivity index (χ0v) is 16.3. The number of benzene rings is 3. The van der Waals surface area contributed by atoms with Crippen LogP contribution < -0.4 is 5.43 Å². The zero-order chi connectivity index (χ0) is 18.7. The number of rotatable bonds is 5.